The molecule has 0 spiro atoms. The van der Waals surface area contributed by atoms with E-state index >= 15 is 0 Å². The van der Waals surface area contributed by atoms with Crippen molar-refractivity contribution in [2.45, 2.75) is 32.4 Å². The van der Waals surface area contributed by atoms with E-state index in [0.717, 1.165) is 5.56 Å². The van der Waals surface area contributed by atoms with Gasteiger partial charge in [0.25, 0.3) is 5.91 Å². The Hall–Kier alpha value is -3.03. The molecule has 0 aliphatic carbocycles. The highest BCUT2D eigenvalue weighted by Gasteiger charge is 2.46. The summed E-state index contributed by atoms with van der Waals surface area (Å²) in [4.78, 5) is 42.3. The maximum atomic E-state index is 13.6. The highest BCUT2D eigenvalue weighted by molar-refractivity contribution is 6.35. The second-order valence-electron chi connectivity index (χ2n) is 8.29. The Balaban J connectivity index is 1.53. The van der Waals surface area contributed by atoms with Crippen LogP contribution in [0.15, 0.2) is 59.8 Å². The number of hydrogen-bond acceptors (Lipinski definition) is 3. The monoisotopic (exact) mass is 500 g/mol. The second kappa shape index (κ2) is 10.1. The quantitative estimate of drug-likeness (QED) is 0.604. The van der Waals surface area contributed by atoms with Gasteiger partial charge in [0.2, 0.25) is 5.91 Å². The molecule has 0 aromatic heterocycles. The molecule has 2 heterocycles. The summed E-state index contributed by atoms with van der Waals surface area (Å²) in [5.74, 6) is -0.539. The van der Waals surface area contributed by atoms with Crippen LogP contribution in [-0.4, -0.2) is 53.3 Å². The van der Waals surface area contributed by atoms with Crippen molar-refractivity contribution < 1.29 is 14.4 Å². The molecule has 2 N–H and O–H groups in total. The number of likely N-dealkylation sites (N-methyl/N-ethyl adjacent to an activating group) is 1. The van der Waals surface area contributed by atoms with Gasteiger partial charge in [-0.25, -0.2) is 4.79 Å². The molecule has 9 heteroatoms. The first kappa shape index (κ1) is 24.1. The van der Waals surface area contributed by atoms with Gasteiger partial charge in [0.15, 0.2) is 0 Å². The average molecular weight is 501 g/mol. The van der Waals surface area contributed by atoms with Crippen molar-refractivity contribution in [1.29, 1.82) is 0 Å². The zero-order valence-electron chi connectivity index (χ0n) is 19.0. The molecule has 2 aliphatic rings. The number of amides is 4. The minimum absolute atomic E-state index is 0.171. The van der Waals surface area contributed by atoms with Crippen LogP contribution in [0, 0.1) is 0 Å². The third-order valence-electron chi connectivity index (χ3n) is 6.24. The van der Waals surface area contributed by atoms with E-state index < -0.39 is 12.1 Å². The van der Waals surface area contributed by atoms with Crippen LogP contribution < -0.4 is 10.6 Å². The van der Waals surface area contributed by atoms with Gasteiger partial charge >= 0.3 is 6.03 Å². The molecule has 34 heavy (non-hydrogen) atoms. The summed E-state index contributed by atoms with van der Waals surface area (Å²) in [6.07, 6.45) is 0.696. The van der Waals surface area contributed by atoms with Gasteiger partial charge in [-0.1, -0.05) is 59.6 Å². The van der Waals surface area contributed by atoms with E-state index in [-0.39, 0.29) is 24.4 Å². The van der Waals surface area contributed by atoms with Gasteiger partial charge in [-0.3, -0.25) is 14.5 Å². The number of halogens is 2. The lowest BCUT2D eigenvalue weighted by Crippen LogP contribution is -2.47. The number of nitrogens with one attached hydrogen (secondary N) is 2. The molecular weight excluding hydrogens is 475 g/mol. The predicted octanol–water partition coefficient (Wildman–Crippen LogP) is 3.92. The molecule has 178 valence electrons. The lowest BCUT2D eigenvalue weighted by Gasteiger charge is -2.33. The Bertz CT molecular complexity index is 1150. The molecule has 0 radical (unpaired) electrons. The van der Waals surface area contributed by atoms with Crippen LogP contribution in [0.1, 0.15) is 31.0 Å². The second-order valence-corrected chi connectivity index (χ2v) is 9.13. The van der Waals surface area contributed by atoms with Crippen LogP contribution in [0.2, 0.25) is 10.0 Å². The number of nitrogens with zero attached hydrogens (tertiary/aromatic N) is 2. The van der Waals surface area contributed by atoms with Crippen molar-refractivity contribution in [3.05, 3.63) is 81.0 Å². The molecular formula is C25H26Cl2N4O3. The van der Waals surface area contributed by atoms with Crippen LogP contribution >= 0.6 is 23.2 Å². The molecule has 0 unspecified atom stereocenters. The normalized spacial score (nSPS) is 18.6. The molecule has 0 saturated heterocycles. The minimum Gasteiger partial charge on any atom is -0.354 e. The fraction of sp³-hybridized carbons (Fsp3) is 0.320. The van der Waals surface area contributed by atoms with Gasteiger partial charge in [-0.2, -0.15) is 0 Å². The highest BCUT2D eigenvalue weighted by Crippen LogP contribution is 2.39. The first-order chi connectivity index (χ1) is 16.3. The lowest BCUT2D eigenvalue weighted by molar-refractivity contribution is -0.135. The Morgan fingerprint density at radius 2 is 1.91 bits per heavy atom. The predicted molar refractivity (Wildman–Crippen MR) is 131 cm³/mol. The van der Waals surface area contributed by atoms with Crippen LogP contribution in [0.25, 0.3) is 0 Å². The largest absolute Gasteiger partial charge is 0.354 e. The van der Waals surface area contributed by atoms with Crippen molar-refractivity contribution >= 4 is 41.0 Å². The van der Waals surface area contributed by atoms with E-state index in [0.29, 0.717) is 46.4 Å². The van der Waals surface area contributed by atoms with Gasteiger partial charge in [0, 0.05) is 23.1 Å². The maximum Gasteiger partial charge on any atom is 0.322 e. The van der Waals surface area contributed by atoms with E-state index in [1.165, 1.54) is 9.80 Å². The number of carbonyl (C=O) groups excluding carboxylic acids is 3. The molecule has 0 saturated carbocycles. The molecule has 2 atom stereocenters. The van der Waals surface area contributed by atoms with Crippen molar-refractivity contribution in [2.24, 2.45) is 0 Å². The van der Waals surface area contributed by atoms with Crippen molar-refractivity contribution in [3.63, 3.8) is 0 Å². The smallest absolute Gasteiger partial charge is 0.322 e. The number of hydrogen-bond donors (Lipinski definition) is 2. The molecule has 4 amide bonds. The van der Waals surface area contributed by atoms with Gasteiger partial charge in [-0.05, 0) is 43.5 Å². The molecule has 2 aliphatic heterocycles. The Kier molecular flexibility index (Phi) is 7.14. The highest BCUT2D eigenvalue weighted by atomic mass is 35.5. The van der Waals surface area contributed by atoms with E-state index in [1.807, 2.05) is 37.3 Å². The molecule has 4 rings (SSSR count). The van der Waals surface area contributed by atoms with Gasteiger partial charge in [0.1, 0.15) is 6.04 Å². The van der Waals surface area contributed by atoms with Crippen molar-refractivity contribution in [1.82, 2.24) is 20.4 Å². The van der Waals surface area contributed by atoms with E-state index in [1.54, 1.807) is 25.1 Å². The molecule has 7 nitrogen and oxygen atoms in total. The summed E-state index contributed by atoms with van der Waals surface area (Å²) in [6.45, 7) is 4.57. The Labute approximate surface area is 208 Å². The maximum absolute atomic E-state index is 13.6. The summed E-state index contributed by atoms with van der Waals surface area (Å²) in [5.41, 5.74) is 2.72. The van der Waals surface area contributed by atoms with E-state index in [9.17, 15) is 14.4 Å². The number of benzene rings is 2. The van der Waals surface area contributed by atoms with Crippen LogP contribution in [-0.2, 0) is 16.0 Å². The molecule has 0 bridgehead atoms. The van der Waals surface area contributed by atoms with Crippen molar-refractivity contribution in [3.8, 4) is 0 Å². The summed E-state index contributed by atoms with van der Waals surface area (Å²) in [6, 6.07) is 13.1. The Morgan fingerprint density at radius 1 is 1.18 bits per heavy atom. The zero-order valence-corrected chi connectivity index (χ0v) is 20.5. The van der Waals surface area contributed by atoms with E-state index in [2.05, 4.69) is 10.6 Å². The summed E-state index contributed by atoms with van der Waals surface area (Å²) in [7, 11) is 0. The standard InChI is InChI=1S/C25H26Cl2N4O3/c1-3-30-20-14-31(15(2)23(32)28-12-11-16-7-5-4-6-8-16)24(33)21(20)22(29-25(30)34)18-10-9-17(26)13-19(18)27/h4-10,13,15,22H,3,11-12,14H2,1-2H3,(H,28,32)(H,29,34)/t15-,22+/m0/s1. The van der Waals surface area contributed by atoms with Gasteiger partial charge in [-0.15, -0.1) is 0 Å². The van der Waals surface area contributed by atoms with Gasteiger partial charge in [0.05, 0.1) is 23.9 Å². The number of rotatable bonds is 7. The third kappa shape index (κ3) is 4.63. The Morgan fingerprint density at radius 3 is 2.59 bits per heavy atom. The molecule has 2 aromatic rings. The summed E-state index contributed by atoms with van der Waals surface area (Å²) in [5, 5.41) is 6.62. The zero-order chi connectivity index (χ0) is 24.4. The fourth-order valence-electron chi connectivity index (χ4n) is 4.39. The SMILES string of the molecule is CCN1C(=O)N[C@H](c2ccc(Cl)cc2Cl)C2=C1CN([C@@H](C)C(=O)NCCc1ccccc1)C2=O. The number of urea groups is 1. The number of carbonyl (C=O) groups is 3. The van der Waals surface area contributed by atoms with Crippen LogP contribution in [0.5, 0.6) is 0 Å². The average Bonchev–Trinajstić information content (AvgIpc) is 3.16. The minimum atomic E-state index is -0.721. The first-order valence-corrected chi connectivity index (χ1v) is 12.0. The summed E-state index contributed by atoms with van der Waals surface area (Å²) >= 11 is 12.5. The summed E-state index contributed by atoms with van der Waals surface area (Å²) < 4.78 is 0. The third-order valence-corrected chi connectivity index (χ3v) is 6.80. The fourth-order valence-corrected chi connectivity index (χ4v) is 4.91. The topological polar surface area (TPSA) is 81.8 Å². The first-order valence-electron chi connectivity index (χ1n) is 11.2. The van der Waals surface area contributed by atoms with Crippen LogP contribution in [0.4, 0.5) is 4.79 Å². The molecule has 2 aromatic carbocycles. The van der Waals surface area contributed by atoms with Gasteiger partial charge < -0.3 is 15.5 Å². The van der Waals surface area contributed by atoms with Crippen molar-refractivity contribution in [2.75, 3.05) is 19.6 Å². The van der Waals surface area contributed by atoms with Crippen LogP contribution in [0.3, 0.4) is 0 Å². The lowest BCUT2D eigenvalue weighted by atomic mass is 9.95. The molecule has 0 fully saturated rings. The van der Waals surface area contributed by atoms with E-state index in [4.69, 9.17) is 23.2 Å².